The zero-order valence-electron chi connectivity index (χ0n) is 11.3. The smallest absolute Gasteiger partial charge is 0.359 e. The lowest BCUT2D eigenvalue weighted by atomic mass is 10.0. The van der Waals surface area contributed by atoms with E-state index in [9.17, 15) is 13.2 Å². The molecule has 0 radical (unpaired) electrons. The lowest BCUT2D eigenvalue weighted by molar-refractivity contribution is -0.120. The monoisotopic (exact) mass is 306 g/mol. The summed E-state index contributed by atoms with van der Waals surface area (Å²) in [6.45, 7) is 0.896. The number of alkyl halides is 3. The highest BCUT2D eigenvalue weighted by Gasteiger charge is 2.39. The van der Waals surface area contributed by atoms with Gasteiger partial charge in [-0.15, -0.1) is 0 Å². The first-order chi connectivity index (χ1) is 9.26. The van der Waals surface area contributed by atoms with E-state index < -0.39 is 12.7 Å². The highest BCUT2D eigenvalue weighted by Crippen LogP contribution is 2.37. The summed E-state index contributed by atoms with van der Waals surface area (Å²) < 4.78 is 38.3. The van der Waals surface area contributed by atoms with Crippen molar-refractivity contribution in [3.05, 3.63) is 28.8 Å². The number of hydrogen-bond donors (Lipinski definition) is 1. The number of nitrogens with zero attached hydrogens (tertiary/aromatic N) is 1. The molecule has 20 heavy (non-hydrogen) atoms. The van der Waals surface area contributed by atoms with Gasteiger partial charge in [0.15, 0.2) is 0 Å². The van der Waals surface area contributed by atoms with Gasteiger partial charge in [-0.05, 0) is 43.9 Å². The maximum Gasteiger partial charge on any atom is 0.405 e. The number of anilines is 1. The van der Waals surface area contributed by atoms with E-state index >= 15 is 0 Å². The fraction of sp³-hybridized carbons (Fsp3) is 0.571. The summed E-state index contributed by atoms with van der Waals surface area (Å²) in [5.74, 6) is 0. The van der Waals surface area contributed by atoms with E-state index in [0.29, 0.717) is 17.1 Å². The Labute approximate surface area is 121 Å². The largest absolute Gasteiger partial charge is 0.405 e. The number of benzene rings is 1. The predicted octanol–water partition coefficient (Wildman–Crippen LogP) is 3.76. The first kappa shape index (κ1) is 15.4. The molecule has 2 N–H and O–H groups in total. The molecule has 1 unspecified atom stereocenters. The first-order valence-corrected chi connectivity index (χ1v) is 7.01. The summed E-state index contributed by atoms with van der Waals surface area (Å²) in [7, 11) is 0. The Kier molecular flexibility index (Phi) is 4.49. The Hall–Kier alpha value is -0.940. The summed E-state index contributed by atoms with van der Waals surface area (Å²) in [5, 5.41) is 0.446. The van der Waals surface area contributed by atoms with Crippen LogP contribution in [0.15, 0.2) is 18.2 Å². The van der Waals surface area contributed by atoms with Gasteiger partial charge < -0.3 is 10.6 Å². The van der Waals surface area contributed by atoms with E-state index in [-0.39, 0.29) is 12.1 Å². The Morgan fingerprint density at radius 1 is 1.40 bits per heavy atom. The minimum atomic E-state index is -4.23. The molecule has 0 aromatic heterocycles. The first-order valence-electron chi connectivity index (χ1n) is 6.63. The molecule has 0 amide bonds. The van der Waals surface area contributed by atoms with Crippen LogP contribution in [-0.4, -0.2) is 24.8 Å². The zero-order valence-corrected chi connectivity index (χ0v) is 12.0. The predicted molar refractivity (Wildman–Crippen MR) is 75.2 cm³/mol. The lowest BCUT2D eigenvalue weighted by Gasteiger charge is -2.28. The minimum absolute atomic E-state index is 0.0399. The van der Waals surface area contributed by atoms with Gasteiger partial charge in [-0.3, -0.25) is 0 Å². The maximum absolute atomic E-state index is 12.8. The minimum Gasteiger partial charge on any atom is -0.359 e. The van der Waals surface area contributed by atoms with Gasteiger partial charge in [0.05, 0.1) is 0 Å². The Bertz CT molecular complexity index is 470. The summed E-state index contributed by atoms with van der Waals surface area (Å²) >= 11 is 5.95. The van der Waals surface area contributed by atoms with Gasteiger partial charge in [-0.25, -0.2) is 0 Å². The molecule has 0 saturated heterocycles. The van der Waals surface area contributed by atoms with Crippen LogP contribution >= 0.6 is 11.6 Å². The second kappa shape index (κ2) is 5.82. The van der Waals surface area contributed by atoms with Gasteiger partial charge >= 0.3 is 6.18 Å². The van der Waals surface area contributed by atoms with Crippen molar-refractivity contribution in [1.29, 1.82) is 0 Å². The van der Waals surface area contributed by atoms with Gasteiger partial charge in [0.25, 0.3) is 0 Å². The van der Waals surface area contributed by atoms with E-state index in [0.717, 1.165) is 18.4 Å². The normalized spacial score (nSPS) is 17.1. The molecule has 0 aliphatic heterocycles. The van der Waals surface area contributed by atoms with Crippen LogP contribution in [0.5, 0.6) is 0 Å². The van der Waals surface area contributed by atoms with Crippen LogP contribution in [0.25, 0.3) is 0 Å². The molecule has 1 aromatic carbocycles. The quantitative estimate of drug-likeness (QED) is 0.897. The van der Waals surface area contributed by atoms with Crippen molar-refractivity contribution >= 4 is 17.3 Å². The molecule has 0 bridgehead atoms. The van der Waals surface area contributed by atoms with Crippen LogP contribution in [0.3, 0.4) is 0 Å². The second-order valence-electron chi connectivity index (χ2n) is 5.43. The molecule has 1 fully saturated rings. The molecule has 2 nitrogen and oxygen atoms in total. The van der Waals surface area contributed by atoms with Crippen molar-refractivity contribution in [2.24, 2.45) is 5.73 Å². The van der Waals surface area contributed by atoms with Crippen molar-refractivity contribution in [2.45, 2.75) is 44.4 Å². The van der Waals surface area contributed by atoms with Crippen LogP contribution in [0, 0.1) is 0 Å². The van der Waals surface area contributed by atoms with E-state index in [4.69, 9.17) is 17.3 Å². The maximum atomic E-state index is 12.8. The van der Waals surface area contributed by atoms with Crippen molar-refractivity contribution in [2.75, 3.05) is 11.4 Å². The van der Waals surface area contributed by atoms with E-state index in [1.54, 1.807) is 18.2 Å². The average Bonchev–Trinajstić information content (AvgIpc) is 3.10. The Balaban J connectivity index is 2.33. The number of nitrogens with two attached hydrogens (primary N) is 1. The summed E-state index contributed by atoms with van der Waals surface area (Å²) in [5.41, 5.74) is 7.16. The fourth-order valence-corrected chi connectivity index (χ4v) is 2.48. The molecule has 1 aliphatic rings. The summed E-state index contributed by atoms with van der Waals surface area (Å²) in [6, 6.07) is 4.93. The molecule has 0 spiro atoms. The molecule has 2 rings (SSSR count). The topological polar surface area (TPSA) is 29.3 Å². The third kappa shape index (κ3) is 4.28. The van der Waals surface area contributed by atoms with Gasteiger partial charge in [-0.2, -0.15) is 13.2 Å². The van der Waals surface area contributed by atoms with Gasteiger partial charge in [0.1, 0.15) is 6.54 Å². The molecular formula is C14H18ClF3N2. The van der Waals surface area contributed by atoms with Gasteiger partial charge in [0.2, 0.25) is 0 Å². The lowest BCUT2D eigenvalue weighted by Crippen LogP contribution is -2.37. The van der Waals surface area contributed by atoms with Crippen molar-refractivity contribution < 1.29 is 13.2 Å². The van der Waals surface area contributed by atoms with Crippen LogP contribution in [-0.2, 0) is 6.42 Å². The van der Waals surface area contributed by atoms with E-state index in [1.807, 2.05) is 6.92 Å². The van der Waals surface area contributed by atoms with Crippen molar-refractivity contribution in [3.63, 3.8) is 0 Å². The van der Waals surface area contributed by atoms with Crippen molar-refractivity contribution in [3.8, 4) is 0 Å². The Morgan fingerprint density at radius 2 is 2.05 bits per heavy atom. The third-order valence-electron chi connectivity index (χ3n) is 3.24. The van der Waals surface area contributed by atoms with Crippen LogP contribution in [0.1, 0.15) is 25.3 Å². The molecule has 112 valence electrons. The summed E-state index contributed by atoms with van der Waals surface area (Å²) in [6.07, 6.45) is -2.11. The Morgan fingerprint density at radius 3 is 2.55 bits per heavy atom. The molecular weight excluding hydrogens is 289 g/mol. The SMILES string of the molecule is CC(N)Cc1ccc(Cl)cc1N(CC(F)(F)F)C1CC1. The molecule has 1 atom stereocenters. The molecule has 6 heteroatoms. The zero-order chi connectivity index (χ0) is 14.9. The summed E-state index contributed by atoms with van der Waals surface area (Å²) in [4.78, 5) is 1.42. The number of hydrogen-bond acceptors (Lipinski definition) is 2. The van der Waals surface area contributed by atoms with E-state index in [1.165, 1.54) is 4.90 Å². The molecule has 1 aliphatic carbocycles. The van der Waals surface area contributed by atoms with Crippen molar-refractivity contribution in [1.82, 2.24) is 0 Å². The molecule has 1 saturated carbocycles. The highest BCUT2D eigenvalue weighted by molar-refractivity contribution is 6.30. The standard InChI is InChI=1S/C14H18ClF3N2/c1-9(19)6-10-2-3-11(15)7-13(10)20(12-4-5-12)8-14(16,17)18/h2-3,7,9,12H,4-6,8,19H2,1H3. The third-order valence-corrected chi connectivity index (χ3v) is 3.47. The van der Waals surface area contributed by atoms with E-state index in [2.05, 4.69) is 0 Å². The molecule has 0 heterocycles. The van der Waals surface area contributed by atoms with Gasteiger partial charge in [0, 0.05) is 22.8 Å². The fourth-order valence-electron chi connectivity index (χ4n) is 2.31. The number of halogens is 4. The average molecular weight is 307 g/mol. The second-order valence-corrected chi connectivity index (χ2v) is 5.87. The van der Waals surface area contributed by atoms with Gasteiger partial charge in [-0.1, -0.05) is 17.7 Å². The van der Waals surface area contributed by atoms with Crippen LogP contribution < -0.4 is 10.6 Å². The van der Waals surface area contributed by atoms with Crippen LogP contribution in [0.2, 0.25) is 5.02 Å². The highest BCUT2D eigenvalue weighted by atomic mass is 35.5. The van der Waals surface area contributed by atoms with Crippen LogP contribution in [0.4, 0.5) is 18.9 Å². The number of rotatable bonds is 5. The molecule has 1 aromatic rings.